The molecule has 126 valence electrons. The van der Waals surface area contributed by atoms with Gasteiger partial charge in [0, 0.05) is 6.54 Å². The van der Waals surface area contributed by atoms with E-state index in [1.54, 1.807) is 12.1 Å². The van der Waals surface area contributed by atoms with Gasteiger partial charge in [0.05, 0.1) is 6.26 Å². The normalized spacial score (nSPS) is 15.9. The molecule has 0 aliphatic heterocycles. The molecule has 5 nitrogen and oxygen atoms in total. The van der Waals surface area contributed by atoms with Crippen molar-refractivity contribution in [2.75, 3.05) is 6.54 Å². The third kappa shape index (κ3) is 5.27. The molecule has 1 aromatic rings. The van der Waals surface area contributed by atoms with E-state index in [1.807, 2.05) is 13.8 Å². The first-order valence-corrected chi connectivity index (χ1v) is 8.38. The van der Waals surface area contributed by atoms with Crippen molar-refractivity contribution in [3.63, 3.8) is 0 Å². The van der Waals surface area contributed by atoms with Crippen LogP contribution in [0.25, 0.3) is 0 Å². The molecule has 0 spiro atoms. The molecule has 0 saturated carbocycles. The molecule has 1 aliphatic carbocycles. The second kappa shape index (κ2) is 8.56. The second-order valence-corrected chi connectivity index (χ2v) is 6.32. The summed E-state index contributed by atoms with van der Waals surface area (Å²) in [6, 6.07) is 2.67. The van der Waals surface area contributed by atoms with E-state index in [0.29, 0.717) is 6.54 Å². The second-order valence-electron chi connectivity index (χ2n) is 6.32. The molecule has 2 N–H and O–H groups in total. The molecule has 0 unspecified atom stereocenters. The molecule has 0 bridgehead atoms. The zero-order valence-corrected chi connectivity index (χ0v) is 13.9. The van der Waals surface area contributed by atoms with Crippen LogP contribution in [0.15, 0.2) is 34.5 Å². The van der Waals surface area contributed by atoms with Crippen molar-refractivity contribution in [2.24, 2.45) is 5.92 Å². The number of carbonyl (C=O) groups is 2. The molecule has 0 aromatic carbocycles. The van der Waals surface area contributed by atoms with Crippen molar-refractivity contribution in [3.8, 4) is 0 Å². The van der Waals surface area contributed by atoms with Gasteiger partial charge in [-0.2, -0.15) is 0 Å². The van der Waals surface area contributed by atoms with Crippen molar-refractivity contribution in [1.29, 1.82) is 0 Å². The first-order valence-electron chi connectivity index (χ1n) is 8.38. The van der Waals surface area contributed by atoms with Crippen LogP contribution in [-0.2, 0) is 4.79 Å². The lowest BCUT2D eigenvalue weighted by Crippen LogP contribution is -2.49. The van der Waals surface area contributed by atoms with Crippen LogP contribution in [0.5, 0.6) is 0 Å². The molecule has 2 rings (SSSR count). The maximum Gasteiger partial charge on any atom is 0.287 e. The Bertz CT molecular complexity index is 547. The van der Waals surface area contributed by atoms with Crippen LogP contribution in [-0.4, -0.2) is 24.4 Å². The summed E-state index contributed by atoms with van der Waals surface area (Å²) in [5.74, 6) is -0.284. The number of hydrogen-bond acceptors (Lipinski definition) is 3. The largest absolute Gasteiger partial charge is 0.459 e. The van der Waals surface area contributed by atoms with Gasteiger partial charge in [0.1, 0.15) is 6.04 Å². The van der Waals surface area contributed by atoms with Gasteiger partial charge in [0.2, 0.25) is 5.91 Å². The highest BCUT2D eigenvalue weighted by Gasteiger charge is 2.25. The summed E-state index contributed by atoms with van der Waals surface area (Å²) in [6.45, 7) is 4.44. The van der Waals surface area contributed by atoms with Crippen LogP contribution >= 0.6 is 0 Å². The van der Waals surface area contributed by atoms with Crippen LogP contribution in [0.4, 0.5) is 0 Å². The van der Waals surface area contributed by atoms with Crippen molar-refractivity contribution in [2.45, 2.75) is 52.0 Å². The number of rotatable bonds is 7. The Kier molecular flexibility index (Phi) is 6.44. The van der Waals surface area contributed by atoms with E-state index in [1.165, 1.54) is 24.7 Å². The standard InChI is InChI=1S/C18H26N2O3/c1-13(2)16(20-17(21)15-9-6-12-23-15)18(22)19-11-10-14-7-4-3-5-8-14/h6-7,9,12-13,16H,3-5,8,10-11H2,1-2H3,(H,19,22)(H,20,21)/t16-/m0/s1. The Morgan fingerprint density at radius 1 is 1.30 bits per heavy atom. The van der Waals surface area contributed by atoms with E-state index in [9.17, 15) is 9.59 Å². The Labute approximate surface area is 137 Å². The molecular weight excluding hydrogens is 292 g/mol. The summed E-state index contributed by atoms with van der Waals surface area (Å²) in [6.07, 6.45) is 9.42. The van der Waals surface area contributed by atoms with Gasteiger partial charge in [0.25, 0.3) is 5.91 Å². The zero-order chi connectivity index (χ0) is 16.7. The van der Waals surface area contributed by atoms with Crippen molar-refractivity contribution < 1.29 is 14.0 Å². The fourth-order valence-corrected chi connectivity index (χ4v) is 2.74. The highest BCUT2D eigenvalue weighted by molar-refractivity contribution is 5.95. The van der Waals surface area contributed by atoms with Gasteiger partial charge in [-0.15, -0.1) is 0 Å². The topological polar surface area (TPSA) is 71.3 Å². The maximum atomic E-state index is 12.4. The molecule has 0 fully saturated rings. The van der Waals surface area contributed by atoms with Crippen molar-refractivity contribution in [1.82, 2.24) is 10.6 Å². The predicted molar refractivity (Wildman–Crippen MR) is 89.0 cm³/mol. The van der Waals surface area contributed by atoms with Gasteiger partial charge in [-0.05, 0) is 50.2 Å². The van der Waals surface area contributed by atoms with E-state index in [2.05, 4.69) is 16.7 Å². The van der Waals surface area contributed by atoms with Crippen molar-refractivity contribution in [3.05, 3.63) is 35.8 Å². The van der Waals surface area contributed by atoms with Crippen LogP contribution in [0.3, 0.4) is 0 Å². The molecule has 5 heteroatoms. The summed E-state index contributed by atoms with van der Waals surface area (Å²) < 4.78 is 5.06. The molecular formula is C18H26N2O3. The third-order valence-corrected chi connectivity index (χ3v) is 4.11. The van der Waals surface area contributed by atoms with E-state index in [4.69, 9.17) is 4.42 Å². The van der Waals surface area contributed by atoms with Crippen LogP contribution < -0.4 is 10.6 Å². The van der Waals surface area contributed by atoms with Gasteiger partial charge in [-0.25, -0.2) is 0 Å². The lowest BCUT2D eigenvalue weighted by molar-refractivity contribution is -0.123. The molecule has 1 heterocycles. The number of carbonyl (C=O) groups excluding carboxylic acids is 2. The first-order chi connectivity index (χ1) is 11.1. The van der Waals surface area contributed by atoms with E-state index >= 15 is 0 Å². The smallest absolute Gasteiger partial charge is 0.287 e. The Hall–Kier alpha value is -2.04. The number of nitrogens with one attached hydrogen (secondary N) is 2. The zero-order valence-electron chi connectivity index (χ0n) is 13.9. The molecule has 0 saturated heterocycles. The van der Waals surface area contributed by atoms with Gasteiger partial charge < -0.3 is 15.1 Å². The number of allylic oxidation sites excluding steroid dienone is 1. The average Bonchev–Trinajstić information content (AvgIpc) is 3.07. The summed E-state index contributed by atoms with van der Waals surface area (Å²) >= 11 is 0. The lowest BCUT2D eigenvalue weighted by Gasteiger charge is -2.21. The minimum absolute atomic E-state index is 0.00260. The molecule has 1 atom stereocenters. The van der Waals surface area contributed by atoms with Gasteiger partial charge in [-0.3, -0.25) is 9.59 Å². The number of furan rings is 1. The van der Waals surface area contributed by atoms with Crippen LogP contribution in [0, 0.1) is 5.92 Å². The predicted octanol–water partition coefficient (Wildman–Crippen LogP) is 3.04. The summed E-state index contributed by atoms with van der Waals surface area (Å²) in [7, 11) is 0. The monoisotopic (exact) mass is 318 g/mol. The molecule has 0 radical (unpaired) electrons. The fourth-order valence-electron chi connectivity index (χ4n) is 2.74. The SMILES string of the molecule is CC(C)[C@H](NC(=O)c1ccco1)C(=O)NCCC1=CCCCC1. The molecule has 23 heavy (non-hydrogen) atoms. The quantitative estimate of drug-likeness (QED) is 0.759. The van der Waals surface area contributed by atoms with Crippen LogP contribution in [0.1, 0.15) is 56.5 Å². The highest BCUT2D eigenvalue weighted by atomic mass is 16.3. The Morgan fingerprint density at radius 2 is 2.13 bits per heavy atom. The molecule has 2 amide bonds. The Morgan fingerprint density at radius 3 is 2.74 bits per heavy atom. The van der Waals surface area contributed by atoms with E-state index < -0.39 is 6.04 Å². The molecule has 1 aromatic heterocycles. The van der Waals surface area contributed by atoms with E-state index in [-0.39, 0.29) is 23.5 Å². The Balaban J connectivity index is 1.83. The van der Waals surface area contributed by atoms with Crippen LogP contribution in [0.2, 0.25) is 0 Å². The first kappa shape index (κ1) is 17.3. The van der Waals surface area contributed by atoms with E-state index in [0.717, 1.165) is 19.3 Å². The van der Waals surface area contributed by atoms with Gasteiger partial charge in [-0.1, -0.05) is 25.5 Å². The number of amides is 2. The third-order valence-electron chi connectivity index (χ3n) is 4.11. The molecule has 1 aliphatic rings. The lowest BCUT2D eigenvalue weighted by atomic mass is 9.97. The summed E-state index contributed by atoms with van der Waals surface area (Å²) in [5.41, 5.74) is 1.43. The maximum absolute atomic E-state index is 12.4. The summed E-state index contributed by atoms with van der Waals surface area (Å²) in [4.78, 5) is 24.4. The fraction of sp³-hybridized carbons (Fsp3) is 0.556. The summed E-state index contributed by atoms with van der Waals surface area (Å²) in [5, 5.41) is 5.68. The minimum atomic E-state index is -0.562. The average molecular weight is 318 g/mol. The minimum Gasteiger partial charge on any atom is -0.459 e. The van der Waals surface area contributed by atoms with Crippen molar-refractivity contribution >= 4 is 11.8 Å². The number of hydrogen-bond donors (Lipinski definition) is 2. The van der Waals surface area contributed by atoms with Gasteiger partial charge in [0.15, 0.2) is 5.76 Å². The van der Waals surface area contributed by atoms with Gasteiger partial charge >= 0.3 is 0 Å². The highest BCUT2D eigenvalue weighted by Crippen LogP contribution is 2.19.